The second kappa shape index (κ2) is 3.71. The highest BCUT2D eigenvalue weighted by molar-refractivity contribution is 9.11. The molecule has 0 saturated heterocycles. The molecule has 4 heteroatoms. The predicted octanol–water partition coefficient (Wildman–Crippen LogP) is 4.88. The highest BCUT2D eigenvalue weighted by Gasteiger charge is 2.67. The number of thiophene rings is 1. The van der Waals surface area contributed by atoms with E-state index >= 15 is 0 Å². The Kier molecular flexibility index (Phi) is 2.99. The largest absolute Gasteiger partial charge is 0.387 e. The summed E-state index contributed by atoms with van der Waals surface area (Å²) >= 11 is 10.9. The van der Waals surface area contributed by atoms with Crippen LogP contribution in [0.1, 0.15) is 38.7 Å². The Morgan fingerprint density at radius 2 is 1.88 bits per heavy atom. The smallest absolute Gasteiger partial charge is 0.0921 e. The maximum absolute atomic E-state index is 10.4. The van der Waals surface area contributed by atoms with E-state index in [0.29, 0.717) is 10.9 Å². The van der Waals surface area contributed by atoms with Crippen molar-refractivity contribution in [3.8, 4) is 0 Å². The highest BCUT2D eigenvalue weighted by atomic mass is 79.9. The van der Waals surface area contributed by atoms with Gasteiger partial charge in [-0.3, -0.25) is 0 Å². The third kappa shape index (κ3) is 1.67. The molecule has 0 bridgehead atoms. The molecule has 1 atom stereocenters. The van der Waals surface area contributed by atoms with Crippen molar-refractivity contribution in [2.45, 2.75) is 33.8 Å². The maximum atomic E-state index is 10.4. The summed E-state index contributed by atoms with van der Waals surface area (Å²) in [6, 6.07) is 1.87. The number of aliphatic hydroxyl groups excluding tert-OH is 1. The van der Waals surface area contributed by atoms with Crippen LogP contribution in [0.15, 0.2) is 9.85 Å². The molecule has 1 N–H and O–H groups in total. The summed E-state index contributed by atoms with van der Waals surface area (Å²) < 4.78 is 0.902. The monoisotopic (exact) mass is 322 g/mol. The Labute approximate surface area is 114 Å². The molecular weight excluding hydrogens is 308 g/mol. The average molecular weight is 324 g/mol. The van der Waals surface area contributed by atoms with E-state index < -0.39 is 6.10 Å². The summed E-state index contributed by atoms with van der Waals surface area (Å²) in [5.41, 5.74) is 0.380. The molecule has 1 saturated carbocycles. The van der Waals surface area contributed by atoms with Gasteiger partial charge in [0.1, 0.15) is 0 Å². The van der Waals surface area contributed by atoms with Gasteiger partial charge >= 0.3 is 0 Å². The van der Waals surface area contributed by atoms with E-state index in [2.05, 4.69) is 43.6 Å². The molecule has 16 heavy (non-hydrogen) atoms. The van der Waals surface area contributed by atoms with Crippen LogP contribution in [0.2, 0.25) is 5.02 Å². The van der Waals surface area contributed by atoms with Crippen LogP contribution in [-0.4, -0.2) is 5.11 Å². The summed E-state index contributed by atoms with van der Waals surface area (Å²) in [4.78, 5) is 0.959. The van der Waals surface area contributed by atoms with Gasteiger partial charge in [-0.25, -0.2) is 0 Å². The lowest BCUT2D eigenvalue weighted by Crippen LogP contribution is -2.03. The van der Waals surface area contributed by atoms with E-state index in [0.717, 1.165) is 8.66 Å². The summed E-state index contributed by atoms with van der Waals surface area (Å²) in [7, 11) is 0. The normalized spacial score (nSPS) is 24.4. The van der Waals surface area contributed by atoms with Crippen molar-refractivity contribution >= 4 is 38.9 Å². The highest BCUT2D eigenvalue weighted by Crippen LogP contribution is 2.72. The summed E-state index contributed by atoms with van der Waals surface area (Å²) in [6.45, 7) is 8.85. The summed E-state index contributed by atoms with van der Waals surface area (Å²) in [5, 5.41) is 11.1. The van der Waals surface area contributed by atoms with Gasteiger partial charge in [0.2, 0.25) is 0 Å². The summed E-state index contributed by atoms with van der Waals surface area (Å²) in [6.07, 6.45) is -0.404. The van der Waals surface area contributed by atoms with Gasteiger partial charge < -0.3 is 5.11 Å². The van der Waals surface area contributed by atoms with Crippen molar-refractivity contribution in [3.63, 3.8) is 0 Å². The molecule has 1 aliphatic rings. The van der Waals surface area contributed by atoms with Crippen molar-refractivity contribution in [3.05, 3.63) is 19.8 Å². The quantitative estimate of drug-likeness (QED) is 0.822. The van der Waals surface area contributed by atoms with Crippen LogP contribution in [0, 0.1) is 16.7 Å². The lowest BCUT2D eigenvalue weighted by atomic mass is 10.0. The lowest BCUT2D eigenvalue weighted by Gasteiger charge is -2.10. The van der Waals surface area contributed by atoms with Gasteiger partial charge in [0.05, 0.1) is 14.9 Å². The SMILES string of the molecule is CC1(C)C(C(O)c2cc(Cl)c(Br)s2)C1(C)C. The molecule has 2 rings (SSSR count). The molecule has 0 aromatic carbocycles. The molecule has 90 valence electrons. The maximum Gasteiger partial charge on any atom is 0.0921 e. The Morgan fingerprint density at radius 3 is 2.19 bits per heavy atom. The van der Waals surface area contributed by atoms with Crippen LogP contribution in [0.4, 0.5) is 0 Å². The minimum Gasteiger partial charge on any atom is -0.387 e. The van der Waals surface area contributed by atoms with Crippen LogP contribution >= 0.6 is 38.9 Å². The Bertz CT molecular complexity index is 391. The van der Waals surface area contributed by atoms with Gasteiger partial charge in [0.25, 0.3) is 0 Å². The second-order valence-electron chi connectivity index (χ2n) is 5.64. The molecule has 0 amide bonds. The molecule has 0 radical (unpaired) electrons. The molecule has 1 fully saturated rings. The van der Waals surface area contributed by atoms with E-state index in [1.165, 1.54) is 11.3 Å². The number of hydrogen-bond acceptors (Lipinski definition) is 2. The lowest BCUT2D eigenvalue weighted by molar-refractivity contribution is 0.134. The number of hydrogen-bond donors (Lipinski definition) is 1. The van der Waals surface area contributed by atoms with E-state index in [1.54, 1.807) is 0 Å². The molecule has 1 aromatic heterocycles. The topological polar surface area (TPSA) is 20.2 Å². The first-order valence-corrected chi connectivity index (χ1v) is 7.31. The molecule has 1 aliphatic carbocycles. The fourth-order valence-corrected chi connectivity index (χ4v) is 4.48. The van der Waals surface area contributed by atoms with E-state index in [9.17, 15) is 5.11 Å². The van der Waals surface area contributed by atoms with Crippen LogP contribution in [0.3, 0.4) is 0 Å². The van der Waals surface area contributed by atoms with Gasteiger partial charge in [0.15, 0.2) is 0 Å². The van der Waals surface area contributed by atoms with Gasteiger partial charge in [-0.2, -0.15) is 0 Å². The Balaban J connectivity index is 2.25. The first-order chi connectivity index (χ1) is 7.19. The minimum atomic E-state index is -0.404. The zero-order chi connectivity index (χ0) is 12.3. The van der Waals surface area contributed by atoms with Gasteiger partial charge in [0, 0.05) is 10.8 Å². The molecule has 0 aliphatic heterocycles. The zero-order valence-corrected chi connectivity index (χ0v) is 13.0. The number of rotatable bonds is 2. The average Bonchev–Trinajstić information content (AvgIpc) is 2.39. The van der Waals surface area contributed by atoms with Crippen LogP contribution in [0.25, 0.3) is 0 Å². The molecule has 1 nitrogen and oxygen atoms in total. The van der Waals surface area contributed by atoms with Crippen molar-refractivity contribution < 1.29 is 5.11 Å². The third-order valence-electron chi connectivity index (χ3n) is 4.40. The standard InChI is InChI=1S/C12H16BrClOS/c1-11(2)9(12(11,3)4)8(15)7-5-6(14)10(13)16-7/h5,8-9,15H,1-4H3. The zero-order valence-electron chi connectivity index (χ0n) is 9.84. The molecule has 1 aromatic rings. The first kappa shape index (κ1) is 12.9. The first-order valence-electron chi connectivity index (χ1n) is 5.32. The van der Waals surface area contributed by atoms with Crippen molar-refractivity contribution in [1.82, 2.24) is 0 Å². The molecular formula is C12H16BrClOS. The van der Waals surface area contributed by atoms with E-state index in [-0.39, 0.29) is 10.8 Å². The number of aliphatic hydroxyl groups is 1. The van der Waals surface area contributed by atoms with Crippen molar-refractivity contribution in [2.75, 3.05) is 0 Å². The minimum absolute atomic E-state index is 0.190. The van der Waals surface area contributed by atoms with Crippen molar-refractivity contribution in [2.24, 2.45) is 16.7 Å². The van der Waals surface area contributed by atoms with Crippen molar-refractivity contribution in [1.29, 1.82) is 0 Å². The number of halogens is 2. The molecule has 1 heterocycles. The Morgan fingerprint density at radius 1 is 1.38 bits per heavy atom. The van der Waals surface area contributed by atoms with E-state index in [1.807, 2.05) is 6.07 Å². The van der Waals surface area contributed by atoms with Gasteiger partial charge in [-0.1, -0.05) is 39.3 Å². The van der Waals surface area contributed by atoms with Crippen LogP contribution < -0.4 is 0 Å². The fourth-order valence-electron chi connectivity index (χ4n) is 2.71. The van der Waals surface area contributed by atoms with Gasteiger partial charge in [-0.05, 0) is 32.8 Å². The van der Waals surface area contributed by atoms with Crippen LogP contribution in [-0.2, 0) is 0 Å². The second-order valence-corrected chi connectivity index (χ2v) is 8.45. The van der Waals surface area contributed by atoms with E-state index in [4.69, 9.17) is 11.6 Å². The van der Waals surface area contributed by atoms with Gasteiger partial charge in [-0.15, -0.1) is 11.3 Å². The Hall–Kier alpha value is 0.430. The summed E-state index contributed by atoms with van der Waals surface area (Å²) in [5.74, 6) is 0.307. The van der Waals surface area contributed by atoms with Crippen LogP contribution in [0.5, 0.6) is 0 Å². The molecule has 0 spiro atoms. The predicted molar refractivity (Wildman–Crippen MR) is 73.0 cm³/mol. The third-order valence-corrected chi connectivity index (χ3v) is 6.95. The fraction of sp³-hybridized carbons (Fsp3) is 0.667. The molecule has 1 unspecified atom stereocenters.